The van der Waals surface area contributed by atoms with Crippen LogP contribution in [0, 0.1) is 11.7 Å². The van der Waals surface area contributed by atoms with Gasteiger partial charge in [-0.2, -0.15) is 0 Å². The Balaban J connectivity index is 1.49. The van der Waals surface area contributed by atoms with Crippen molar-refractivity contribution in [3.63, 3.8) is 0 Å². The van der Waals surface area contributed by atoms with Gasteiger partial charge in [0.1, 0.15) is 32.9 Å². The summed E-state index contributed by atoms with van der Waals surface area (Å²) in [5, 5.41) is 13.4. The van der Waals surface area contributed by atoms with Gasteiger partial charge >= 0.3 is 6.03 Å². The molecule has 2 aromatic rings. The van der Waals surface area contributed by atoms with Crippen LogP contribution >= 0.6 is 0 Å². The summed E-state index contributed by atoms with van der Waals surface area (Å²) in [7, 11) is -3.08. The Kier molecular flexibility index (Phi) is 8.52. The highest BCUT2D eigenvalue weighted by Gasteiger charge is 2.38. The minimum Gasteiger partial charge on any atom is -0.490 e. The number of amides is 2. The second-order valence-electron chi connectivity index (χ2n) is 11.0. The summed E-state index contributed by atoms with van der Waals surface area (Å²) in [6.07, 6.45) is 4.53. The van der Waals surface area contributed by atoms with Gasteiger partial charge < -0.3 is 24.8 Å². The number of urea groups is 1. The van der Waals surface area contributed by atoms with Crippen LogP contribution < -0.4 is 14.8 Å². The largest absolute Gasteiger partial charge is 0.490 e. The predicted molar refractivity (Wildman–Crippen MR) is 144 cm³/mol. The Hall–Kier alpha value is -2.85. The Morgan fingerprint density at radius 2 is 1.76 bits per heavy atom. The fourth-order valence-corrected chi connectivity index (χ4v) is 6.47. The first-order valence-corrected chi connectivity index (χ1v) is 15.1. The summed E-state index contributed by atoms with van der Waals surface area (Å²) < 4.78 is 49.3. The zero-order valence-electron chi connectivity index (χ0n) is 22.2. The van der Waals surface area contributed by atoms with Crippen LogP contribution in [0.4, 0.5) is 14.9 Å². The maximum absolute atomic E-state index is 13.3. The van der Waals surface area contributed by atoms with E-state index in [-0.39, 0.29) is 29.7 Å². The van der Waals surface area contributed by atoms with Gasteiger partial charge in [-0.05, 0) is 68.7 Å². The third-order valence-corrected chi connectivity index (χ3v) is 8.80. The van der Waals surface area contributed by atoms with Gasteiger partial charge in [0.2, 0.25) is 0 Å². The quantitative estimate of drug-likeness (QED) is 0.460. The first kappa shape index (κ1) is 28.2. The standard InChI is InChI=1S/C28H37FN2O6S/c1-19(2)17-28(33)12-13-31(18-28)27(32)30-21-14-24(36-22-6-4-20(29)5-7-22)16-25(15-21)37-23-8-10-26(11-9-23)38(3,34)35/h4-7,14-16,19,23,26,33H,8-13,17-18H2,1-3H3,(H,30,32). The van der Waals surface area contributed by atoms with Gasteiger partial charge in [0, 0.05) is 36.7 Å². The van der Waals surface area contributed by atoms with Gasteiger partial charge in [0.05, 0.1) is 23.5 Å². The summed E-state index contributed by atoms with van der Waals surface area (Å²) in [6, 6.07) is 10.3. The number of hydrogen-bond acceptors (Lipinski definition) is 6. The van der Waals surface area contributed by atoms with Crippen molar-refractivity contribution in [1.82, 2.24) is 4.90 Å². The van der Waals surface area contributed by atoms with Gasteiger partial charge in [-0.15, -0.1) is 0 Å². The Morgan fingerprint density at radius 1 is 1.11 bits per heavy atom. The molecule has 2 N–H and O–H groups in total. The van der Waals surface area contributed by atoms with E-state index in [1.54, 1.807) is 23.1 Å². The third kappa shape index (κ3) is 7.60. The number of carbonyl (C=O) groups excluding carboxylic acids is 1. The van der Waals surface area contributed by atoms with E-state index >= 15 is 0 Å². The molecule has 1 aliphatic heterocycles. The molecule has 2 aromatic carbocycles. The molecule has 1 unspecified atom stereocenters. The third-order valence-electron chi connectivity index (χ3n) is 7.12. The highest BCUT2D eigenvalue weighted by atomic mass is 32.2. The lowest BCUT2D eigenvalue weighted by molar-refractivity contribution is 0.0323. The normalized spacial score (nSPS) is 23.9. The summed E-state index contributed by atoms with van der Waals surface area (Å²) in [5.74, 6) is 1.23. The van der Waals surface area contributed by atoms with Gasteiger partial charge in [-0.3, -0.25) is 0 Å². The van der Waals surface area contributed by atoms with Gasteiger partial charge in [0.15, 0.2) is 0 Å². The number of rotatable bonds is 8. The van der Waals surface area contributed by atoms with Crippen molar-refractivity contribution in [2.45, 2.75) is 69.3 Å². The number of nitrogens with zero attached hydrogens (tertiary/aromatic N) is 1. The van der Waals surface area contributed by atoms with E-state index in [2.05, 4.69) is 5.32 Å². The van der Waals surface area contributed by atoms with E-state index in [9.17, 15) is 22.7 Å². The number of β-amino-alcohol motifs (C(OH)–C–C–N with tert-alkyl or cyclic N) is 1. The van der Waals surface area contributed by atoms with E-state index in [0.29, 0.717) is 73.9 Å². The smallest absolute Gasteiger partial charge is 0.321 e. The molecule has 10 heteroatoms. The Labute approximate surface area is 224 Å². The molecule has 1 heterocycles. The fourth-order valence-electron chi connectivity index (χ4n) is 5.34. The van der Waals surface area contributed by atoms with E-state index in [0.717, 1.165) is 0 Å². The van der Waals surface area contributed by atoms with Crippen LogP contribution in [0.15, 0.2) is 42.5 Å². The number of nitrogens with one attached hydrogen (secondary N) is 1. The maximum atomic E-state index is 13.3. The van der Waals surface area contributed by atoms with Crippen LogP contribution in [-0.2, 0) is 9.84 Å². The van der Waals surface area contributed by atoms with Crippen molar-refractivity contribution in [1.29, 1.82) is 0 Å². The minimum absolute atomic E-state index is 0.165. The van der Waals surface area contributed by atoms with Crippen molar-refractivity contribution < 1.29 is 32.2 Å². The number of carbonyl (C=O) groups is 1. The number of hydrogen-bond donors (Lipinski definition) is 2. The topological polar surface area (TPSA) is 105 Å². The molecule has 208 valence electrons. The maximum Gasteiger partial charge on any atom is 0.321 e. The van der Waals surface area contributed by atoms with Crippen LogP contribution in [-0.4, -0.2) is 60.8 Å². The number of aliphatic hydroxyl groups is 1. The highest BCUT2D eigenvalue weighted by molar-refractivity contribution is 7.91. The van der Waals surface area contributed by atoms with Crippen LogP contribution in [0.1, 0.15) is 52.4 Å². The van der Waals surface area contributed by atoms with Crippen LogP contribution in [0.2, 0.25) is 0 Å². The summed E-state index contributed by atoms with van der Waals surface area (Å²) in [4.78, 5) is 14.7. The van der Waals surface area contributed by atoms with Crippen LogP contribution in [0.5, 0.6) is 17.2 Å². The van der Waals surface area contributed by atoms with E-state index < -0.39 is 15.4 Å². The number of halogens is 1. The first-order chi connectivity index (χ1) is 17.9. The van der Waals surface area contributed by atoms with E-state index in [1.807, 2.05) is 13.8 Å². The summed E-state index contributed by atoms with van der Waals surface area (Å²) >= 11 is 0. The zero-order valence-corrected chi connectivity index (χ0v) is 23.0. The summed E-state index contributed by atoms with van der Waals surface area (Å²) in [6.45, 7) is 4.80. The Bertz CT molecular complexity index is 1230. The lowest BCUT2D eigenvalue weighted by atomic mass is 9.92. The molecule has 2 aliphatic rings. The van der Waals surface area contributed by atoms with E-state index in [4.69, 9.17) is 9.47 Å². The molecule has 0 aromatic heterocycles. The molecule has 4 rings (SSSR count). The molecule has 0 bridgehead atoms. The molecule has 1 aliphatic carbocycles. The first-order valence-electron chi connectivity index (χ1n) is 13.1. The monoisotopic (exact) mass is 548 g/mol. The van der Waals surface area contributed by atoms with Crippen LogP contribution in [0.3, 0.4) is 0 Å². The molecule has 2 fully saturated rings. The van der Waals surface area contributed by atoms with Crippen molar-refractivity contribution in [3.05, 3.63) is 48.3 Å². The van der Waals surface area contributed by atoms with Crippen molar-refractivity contribution in [3.8, 4) is 17.2 Å². The minimum atomic E-state index is -3.08. The van der Waals surface area contributed by atoms with Crippen LogP contribution in [0.25, 0.3) is 0 Å². The summed E-state index contributed by atoms with van der Waals surface area (Å²) in [5.41, 5.74) is -0.438. The van der Waals surface area contributed by atoms with E-state index in [1.165, 1.54) is 30.5 Å². The number of sulfone groups is 1. The molecular weight excluding hydrogens is 511 g/mol. The van der Waals surface area contributed by atoms with Gasteiger partial charge in [0.25, 0.3) is 0 Å². The van der Waals surface area contributed by atoms with Crippen molar-refractivity contribution >= 4 is 21.6 Å². The lowest BCUT2D eigenvalue weighted by Crippen LogP contribution is -2.39. The Morgan fingerprint density at radius 3 is 2.39 bits per heavy atom. The second-order valence-corrected chi connectivity index (χ2v) is 13.3. The van der Waals surface area contributed by atoms with Gasteiger partial charge in [-0.1, -0.05) is 13.8 Å². The molecule has 1 saturated carbocycles. The highest BCUT2D eigenvalue weighted by Crippen LogP contribution is 2.34. The molecular formula is C28H37FN2O6S. The van der Waals surface area contributed by atoms with Crippen molar-refractivity contribution in [2.75, 3.05) is 24.7 Å². The molecule has 1 atom stereocenters. The molecule has 0 spiro atoms. The molecule has 8 nitrogen and oxygen atoms in total. The number of ether oxygens (including phenoxy) is 2. The average Bonchev–Trinajstić information content (AvgIpc) is 3.21. The fraction of sp³-hybridized carbons (Fsp3) is 0.536. The van der Waals surface area contributed by atoms with Crippen molar-refractivity contribution in [2.24, 2.45) is 5.92 Å². The molecule has 38 heavy (non-hydrogen) atoms. The lowest BCUT2D eigenvalue weighted by Gasteiger charge is -2.28. The number of anilines is 1. The SMILES string of the molecule is CC(C)CC1(O)CCN(C(=O)Nc2cc(Oc3ccc(F)cc3)cc(OC3CCC(S(C)(=O)=O)CC3)c2)C1. The zero-order chi connectivity index (χ0) is 27.5. The molecule has 2 amide bonds. The number of likely N-dealkylation sites (tertiary alicyclic amines) is 1. The molecule has 1 saturated heterocycles. The second kappa shape index (κ2) is 11.5. The average molecular weight is 549 g/mol. The van der Waals surface area contributed by atoms with Gasteiger partial charge in [-0.25, -0.2) is 17.6 Å². The predicted octanol–water partition coefficient (Wildman–Crippen LogP) is 5.37. The number of benzene rings is 2. The molecule has 0 radical (unpaired) electrons.